The average Bonchev–Trinajstić information content (AvgIpc) is 3.15. The van der Waals surface area contributed by atoms with Gasteiger partial charge in [0.05, 0.1) is 11.3 Å². The predicted molar refractivity (Wildman–Crippen MR) is 120 cm³/mol. The minimum absolute atomic E-state index is 0.0140. The van der Waals surface area contributed by atoms with Crippen molar-refractivity contribution in [3.05, 3.63) is 88.7 Å². The molecule has 2 unspecified atom stereocenters. The molecule has 0 saturated carbocycles. The predicted octanol–water partition coefficient (Wildman–Crippen LogP) is 4.36. The first-order chi connectivity index (χ1) is 16.6. The maximum absolute atomic E-state index is 13.8. The van der Waals surface area contributed by atoms with Crippen LogP contribution in [0.4, 0.5) is 28.0 Å². The second-order valence-corrected chi connectivity index (χ2v) is 8.18. The van der Waals surface area contributed by atoms with Gasteiger partial charge in [0.2, 0.25) is 0 Å². The minimum Gasteiger partial charge on any atom is -0.449 e. The van der Waals surface area contributed by atoms with Crippen molar-refractivity contribution in [1.82, 2.24) is 5.32 Å². The lowest BCUT2D eigenvalue weighted by Crippen LogP contribution is -2.37. The van der Waals surface area contributed by atoms with Crippen LogP contribution in [-0.4, -0.2) is 35.6 Å². The number of aliphatic hydroxyl groups is 2. The Bertz CT molecular complexity index is 1200. The van der Waals surface area contributed by atoms with Crippen LogP contribution in [0.2, 0.25) is 0 Å². The largest absolute Gasteiger partial charge is 0.449 e. The zero-order chi connectivity index (χ0) is 25.3. The van der Waals surface area contributed by atoms with E-state index in [0.717, 1.165) is 22.3 Å². The number of fused-ring (bicyclic) bond motifs is 3. The van der Waals surface area contributed by atoms with E-state index in [1.165, 1.54) is 0 Å². The SMILES string of the molecule is Nc1cc(C(F)(F)F)c(C(O)C(O)CNC(=O)OCC2c3ccccc3-c3ccccc32)cc1F. The van der Waals surface area contributed by atoms with E-state index in [1.807, 2.05) is 48.5 Å². The summed E-state index contributed by atoms with van der Waals surface area (Å²) in [6.45, 7) is -0.652. The number of alkyl carbamates (subject to hydrolysis) is 1. The van der Waals surface area contributed by atoms with Crippen LogP contribution in [0.15, 0.2) is 60.7 Å². The highest BCUT2D eigenvalue weighted by atomic mass is 19.4. The summed E-state index contributed by atoms with van der Waals surface area (Å²) >= 11 is 0. The van der Waals surface area contributed by atoms with Crippen molar-refractivity contribution < 1.29 is 37.3 Å². The van der Waals surface area contributed by atoms with Crippen molar-refractivity contribution in [1.29, 1.82) is 0 Å². The van der Waals surface area contributed by atoms with Gasteiger partial charge in [-0.15, -0.1) is 0 Å². The number of nitrogens with two attached hydrogens (primary N) is 1. The Morgan fingerprint density at radius 2 is 1.60 bits per heavy atom. The third-order valence-corrected chi connectivity index (χ3v) is 5.96. The number of benzene rings is 3. The number of anilines is 1. The van der Waals surface area contributed by atoms with Crippen LogP contribution < -0.4 is 11.1 Å². The second-order valence-electron chi connectivity index (χ2n) is 8.18. The van der Waals surface area contributed by atoms with E-state index < -0.39 is 53.7 Å². The van der Waals surface area contributed by atoms with Crippen molar-refractivity contribution in [2.45, 2.75) is 24.3 Å². The summed E-state index contributed by atoms with van der Waals surface area (Å²) in [5.74, 6) is -1.39. The lowest BCUT2D eigenvalue weighted by atomic mass is 9.97. The number of halogens is 4. The molecule has 0 saturated heterocycles. The topological polar surface area (TPSA) is 105 Å². The molecule has 0 spiro atoms. The van der Waals surface area contributed by atoms with Crippen molar-refractivity contribution in [2.24, 2.45) is 0 Å². The third-order valence-electron chi connectivity index (χ3n) is 5.96. The number of amides is 1. The molecule has 3 aromatic carbocycles. The summed E-state index contributed by atoms with van der Waals surface area (Å²) in [7, 11) is 0. The number of hydrogen-bond acceptors (Lipinski definition) is 5. The lowest BCUT2D eigenvalue weighted by molar-refractivity contribution is -0.139. The first-order valence-electron chi connectivity index (χ1n) is 10.7. The normalized spacial score (nSPS) is 14.7. The summed E-state index contributed by atoms with van der Waals surface area (Å²) in [6, 6.07) is 16.2. The summed E-state index contributed by atoms with van der Waals surface area (Å²) in [5.41, 5.74) is 6.22. The summed E-state index contributed by atoms with van der Waals surface area (Å²) in [5, 5.41) is 22.6. The molecule has 1 aliphatic carbocycles. The van der Waals surface area contributed by atoms with Gasteiger partial charge < -0.3 is 26.0 Å². The number of ether oxygens (including phenoxy) is 1. The van der Waals surface area contributed by atoms with E-state index in [2.05, 4.69) is 5.32 Å². The molecule has 1 aliphatic rings. The molecule has 1 amide bonds. The highest BCUT2D eigenvalue weighted by Crippen LogP contribution is 2.44. The first-order valence-corrected chi connectivity index (χ1v) is 10.7. The Morgan fingerprint density at radius 3 is 2.17 bits per heavy atom. The number of alkyl halides is 3. The van der Waals surface area contributed by atoms with Gasteiger partial charge in [0.15, 0.2) is 0 Å². The molecule has 3 aromatic rings. The molecule has 2 atom stereocenters. The maximum atomic E-state index is 13.8. The zero-order valence-corrected chi connectivity index (χ0v) is 18.2. The molecular formula is C25H22F4N2O4. The quantitative estimate of drug-likeness (QED) is 0.304. The first kappa shape index (κ1) is 24.5. The van der Waals surface area contributed by atoms with Crippen molar-refractivity contribution in [3.63, 3.8) is 0 Å². The van der Waals surface area contributed by atoms with E-state index in [-0.39, 0.29) is 12.5 Å². The minimum atomic E-state index is -4.95. The van der Waals surface area contributed by atoms with Gasteiger partial charge in [-0.1, -0.05) is 48.5 Å². The van der Waals surface area contributed by atoms with Gasteiger partial charge in [0.1, 0.15) is 24.6 Å². The molecule has 184 valence electrons. The molecule has 0 fully saturated rings. The van der Waals surface area contributed by atoms with Crippen LogP contribution in [0.25, 0.3) is 11.1 Å². The molecule has 0 radical (unpaired) electrons. The number of aliphatic hydroxyl groups excluding tert-OH is 2. The number of nitrogens with one attached hydrogen (secondary N) is 1. The van der Waals surface area contributed by atoms with E-state index in [0.29, 0.717) is 12.1 Å². The van der Waals surface area contributed by atoms with E-state index >= 15 is 0 Å². The van der Waals surface area contributed by atoms with Gasteiger partial charge in [0, 0.05) is 12.5 Å². The monoisotopic (exact) mass is 490 g/mol. The van der Waals surface area contributed by atoms with Gasteiger partial charge in [-0.05, 0) is 39.9 Å². The fourth-order valence-corrected chi connectivity index (χ4v) is 4.25. The summed E-state index contributed by atoms with van der Waals surface area (Å²) < 4.78 is 58.9. The molecule has 35 heavy (non-hydrogen) atoms. The van der Waals surface area contributed by atoms with Crippen LogP contribution in [0.1, 0.15) is 34.3 Å². The molecule has 10 heteroatoms. The van der Waals surface area contributed by atoms with E-state index in [1.54, 1.807) is 0 Å². The van der Waals surface area contributed by atoms with Crippen molar-refractivity contribution >= 4 is 11.8 Å². The molecular weight excluding hydrogens is 468 g/mol. The number of nitrogen functional groups attached to an aromatic ring is 1. The number of carbonyl (C=O) groups is 1. The van der Waals surface area contributed by atoms with E-state index in [9.17, 15) is 32.6 Å². The summed E-state index contributed by atoms with van der Waals surface area (Å²) in [4.78, 5) is 12.2. The molecule has 4 rings (SSSR count). The van der Waals surface area contributed by atoms with Gasteiger partial charge in [-0.3, -0.25) is 0 Å². The Balaban J connectivity index is 1.39. The van der Waals surface area contributed by atoms with Crippen LogP contribution in [-0.2, 0) is 10.9 Å². The Kier molecular flexibility index (Phi) is 6.68. The Hall–Kier alpha value is -3.63. The number of carbonyl (C=O) groups excluding carboxylic acids is 1. The number of rotatable bonds is 6. The fraction of sp³-hybridized carbons (Fsp3) is 0.240. The zero-order valence-electron chi connectivity index (χ0n) is 18.2. The van der Waals surface area contributed by atoms with Gasteiger partial charge in [-0.25, -0.2) is 9.18 Å². The van der Waals surface area contributed by atoms with Crippen molar-refractivity contribution in [2.75, 3.05) is 18.9 Å². The lowest BCUT2D eigenvalue weighted by Gasteiger charge is -2.23. The highest BCUT2D eigenvalue weighted by molar-refractivity contribution is 5.79. The summed E-state index contributed by atoms with van der Waals surface area (Å²) in [6.07, 6.45) is -9.90. The Morgan fingerprint density at radius 1 is 1.03 bits per heavy atom. The number of hydrogen-bond donors (Lipinski definition) is 4. The standard InChI is InChI=1S/C25H22F4N2O4/c26-20-9-17(19(10-21(20)30)25(27,28)29)23(33)22(32)11-31-24(34)35-12-18-15-7-3-1-5-13(15)14-6-2-4-8-16(14)18/h1-10,18,22-23,32-33H,11-12,30H2,(H,31,34). The molecule has 0 heterocycles. The van der Waals surface area contributed by atoms with Gasteiger partial charge in [-0.2, -0.15) is 13.2 Å². The molecule has 0 aromatic heterocycles. The van der Waals surface area contributed by atoms with Crippen LogP contribution in [0.5, 0.6) is 0 Å². The van der Waals surface area contributed by atoms with Gasteiger partial charge >= 0.3 is 12.3 Å². The maximum Gasteiger partial charge on any atom is 0.416 e. The molecule has 5 N–H and O–H groups in total. The molecule has 0 aliphatic heterocycles. The van der Waals surface area contributed by atoms with Crippen LogP contribution >= 0.6 is 0 Å². The second kappa shape index (κ2) is 9.55. The third kappa shape index (κ3) is 4.94. The van der Waals surface area contributed by atoms with Gasteiger partial charge in [0.25, 0.3) is 0 Å². The molecule has 0 bridgehead atoms. The van der Waals surface area contributed by atoms with Crippen LogP contribution in [0, 0.1) is 5.82 Å². The molecule has 6 nitrogen and oxygen atoms in total. The average molecular weight is 490 g/mol. The van der Waals surface area contributed by atoms with Crippen LogP contribution in [0.3, 0.4) is 0 Å². The van der Waals surface area contributed by atoms with E-state index in [4.69, 9.17) is 10.5 Å². The Labute approximate surface area is 198 Å². The smallest absolute Gasteiger partial charge is 0.416 e. The fourth-order valence-electron chi connectivity index (χ4n) is 4.25. The van der Waals surface area contributed by atoms with Crippen molar-refractivity contribution in [3.8, 4) is 11.1 Å². The highest BCUT2D eigenvalue weighted by Gasteiger charge is 2.37.